The molecule has 1 aliphatic heterocycles. The first-order chi connectivity index (χ1) is 7.88. The Kier molecular flexibility index (Phi) is 4.19. The maximum absolute atomic E-state index is 5.63. The van der Waals surface area contributed by atoms with Crippen LogP contribution in [0.25, 0.3) is 0 Å². The van der Waals surface area contributed by atoms with Crippen molar-refractivity contribution in [1.82, 2.24) is 5.32 Å². The van der Waals surface area contributed by atoms with E-state index >= 15 is 0 Å². The standard InChI is InChI=1S/C13H19NO2/c1-15-13-4-2-11(3-5-13)10-16-7-6-12-8-14-9-12/h2-5,12,14H,6-10H2,1H3. The number of hydrogen-bond donors (Lipinski definition) is 1. The summed E-state index contributed by atoms with van der Waals surface area (Å²) in [6, 6.07) is 8.02. The second-order valence-electron chi connectivity index (χ2n) is 4.21. The van der Waals surface area contributed by atoms with E-state index in [4.69, 9.17) is 9.47 Å². The van der Waals surface area contributed by atoms with E-state index in [0.717, 1.165) is 31.4 Å². The molecule has 1 heterocycles. The van der Waals surface area contributed by atoms with E-state index < -0.39 is 0 Å². The van der Waals surface area contributed by atoms with Crippen LogP contribution < -0.4 is 10.1 Å². The Morgan fingerprint density at radius 2 is 2.00 bits per heavy atom. The molecule has 1 fully saturated rings. The van der Waals surface area contributed by atoms with Gasteiger partial charge >= 0.3 is 0 Å². The SMILES string of the molecule is COc1ccc(COCCC2CNC2)cc1. The van der Waals surface area contributed by atoms with E-state index in [-0.39, 0.29) is 0 Å². The summed E-state index contributed by atoms with van der Waals surface area (Å²) in [5, 5.41) is 3.26. The average Bonchev–Trinajstić information content (AvgIpc) is 2.27. The van der Waals surface area contributed by atoms with Gasteiger partial charge in [0.15, 0.2) is 0 Å². The van der Waals surface area contributed by atoms with Crippen molar-refractivity contribution in [1.29, 1.82) is 0 Å². The Balaban J connectivity index is 1.64. The van der Waals surface area contributed by atoms with E-state index in [1.807, 2.05) is 24.3 Å². The van der Waals surface area contributed by atoms with Gasteiger partial charge in [0.2, 0.25) is 0 Å². The highest BCUT2D eigenvalue weighted by molar-refractivity contribution is 5.26. The molecule has 2 rings (SSSR count). The van der Waals surface area contributed by atoms with Crippen LogP contribution >= 0.6 is 0 Å². The predicted molar refractivity (Wildman–Crippen MR) is 63.6 cm³/mol. The fourth-order valence-electron chi connectivity index (χ4n) is 1.71. The molecule has 1 aromatic rings. The van der Waals surface area contributed by atoms with Crippen LogP contribution in [0.3, 0.4) is 0 Å². The molecular formula is C13H19NO2. The molecule has 1 aromatic carbocycles. The molecule has 1 saturated heterocycles. The quantitative estimate of drug-likeness (QED) is 0.743. The van der Waals surface area contributed by atoms with Crippen LogP contribution in [0.1, 0.15) is 12.0 Å². The molecule has 0 bridgehead atoms. The average molecular weight is 221 g/mol. The number of ether oxygens (including phenoxy) is 2. The third kappa shape index (κ3) is 3.22. The number of benzene rings is 1. The van der Waals surface area contributed by atoms with Gasteiger partial charge in [-0.15, -0.1) is 0 Å². The summed E-state index contributed by atoms with van der Waals surface area (Å²) < 4.78 is 10.7. The first-order valence-electron chi connectivity index (χ1n) is 5.80. The summed E-state index contributed by atoms with van der Waals surface area (Å²) in [6.45, 7) is 3.88. The maximum atomic E-state index is 5.63. The predicted octanol–water partition coefficient (Wildman–Crippen LogP) is 1.82. The number of rotatable bonds is 6. The van der Waals surface area contributed by atoms with Crippen LogP contribution in [0.5, 0.6) is 5.75 Å². The first kappa shape index (κ1) is 11.4. The van der Waals surface area contributed by atoms with Gasteiger partial charge in [-0.1, -0.05) is 12.1 Å². The van der Waals surface area contributed by atoms with Gasteiger partial charge in [-0.3, -0.25) is 0 Å². The zero-order valence-electron chi connectivity index (χ0n) is 9.74. The smallest absolute Gasteiger partial charge is 0.118 e. The number of nitrogens with one attached hydrogen (secondary N) is 1. The second kappa shape index (κ2) is 5.87. The van der Waals surface area contributed by atoms with Crippen LogP contribution in [-0.2, 0) is 11.3 Å². The minimum atomic E-state index is 0.699. The second-order valence-corrected chi connectivity index (χ2v) is 4.21. The van der Waals surface area contributed by atoms with Crippen molar-refractivity contribution in [2.75, 3.05) is 26.8 Å². The lowest BCUT2D eigenvalue weighted by atomic mass is 10.0. The lowest BCUT2D eigenvalue weighted by Gasteiger charge is -2.26. The summed E-state index contributed by atoms with van der Waals surface area (Å²) in [5.74, 6) is 1.72. The fourth-order valence-corrected chi connectivity index (χ4v) is 1.71. The highest BCUT2D eigenvalue weighted by Gasteiger charge is 2.15. The topological polar surface area (TPSA) is 30.5 Å². The van der Waals surface area contributed by atoms with Crippen molar-refractivity contribution < 1.29 is 9.47 Å². The normalized spacial score (nSPS) is 15.8. The van der Waals surface area contributed by atoms with Gasteiger partial charge in [-0.05, 0) is 43.1 Å². The lowest BCUT2D eigenvalue weighted by molar-refractivity contribution is 0.0993. The van der Waals surface area contributed by atoms with Gasteiger partial charge in [0.25, 0.3) is 0 Å². The molecule has 0 saturated carbocycles. The van der Waals surface area contributed by atoms with E-state index in [1.54, 1.807) is 7.11 Å². The Morgan fingerprint density at radius 3 is 2.56 bits per heavy atom. The summed E-state index contributed by atoms with van der Waals surface area (Å²) in [5.41, 5.74) is 1.20. The highest BCUT2D eigenvalue weighted by atomic mass is 16.5. The maximum Gasteiger partial charge on any atom is 0.118 e. The first-order valence-corrected chi connectivity index (χ1v) is 5.80. The summed E-state index contributed by atoms with van der Waals surface area (Å²) in [4.78, 5) is 0. The van der Waals surface area contributed by atoms with E-state index in [2.05, 4.69) is 5.32 Å². The Bertz CT molecular complexity index is 306. The molecule has 0 atom stereocenters. The van der Waals surface area contributed by atoms with Gasteiger partial charge in [-0.2, -0.15) is 0 Å². The fraction of sp³-hybridized carbons (Fsp3) is 0.538. The highest BCUT2D eigenvalue weighted by Crippen LogP contribution is 2.13. The van der Waals surface area contributed by atoms with E-state index in [0.29, 0.717) is 6.61 Å². The van der Waals surface area contributed by atoms with Crippen LogP contribution in [0, 0.1) is 5.92 Å². The van der Waals surface area contributed by atoms with Gasteiger partial charge in [0.1, 0.15) is 5.75 Å². The molecule has 3 heteroatoms. The molecule has 0 aromatic heterocycles. The summed E-state index contributed by atoms with van der Waals surface area (Å²) >= 11 is 0. The minimum Gasteiger partial charge on any atom is -0.497 e. The largest absolute Gasteiger partial charge is 0.497 e. The lowest BCUT2D eigenvalue weighted by Crippen LogP contribution is -2.42. The molecule has 0 radical (unpaired) electrons. The van der Waals surface area contributed by atoms with Gasteiger partial charge in [0, 0.05) is 6.61 Å². The molecule has 0 spiro atoms. The molecule has 0 aliphatic carbocycles. The van der Waals surface area contributed by atoms with Crippen LogP contribution in [0.4, 0.5) is 0 Å². The van der Waals surface area contributed by atoms with Crippen molar-refractivity contribution in [3.8, 4) is 5.75 Å². The molecule has 1 N–H and O–H groups in total. The minimum absolute atomic E-state index is 0.699. The summed E-state index contributed by atoms with van der Waals surface area (Å²) in [7, 11) is 1.68. The third-order valence-corrected chi connectivity index (χ3v) is 2.96. The Labute approximate surface area is 96.8 Å². The molecular weight excluding hydrogens is 202 g/mol. The monoisotopic (exact) mass is 221 g/mol. The Morgan fingerprint density at radius 1 is 1.25 bits per heavy atom. The molecule has 16 heavy (non-hydrogen) atoms. The summed E-state index contributed by atoms with van der Waals surface area (Å²) in [6.07, 6.45) is 1.17. The third-order valence-electron chi connectivity index (χ3n) is 2.96. The zero-order chi connectivity index (χ0) is 11.2. The molecule has 88 valence electrons. The van der Waals surface area contributed by atoms with Gasteiger partial charge in [0.05, 0.1) is 13.7 Å². The van der Waals surface area contributed by atoms with Crippen molar-refractivity contribution in [2.24, 2.45) is 5.92 Å². The number of hydrogen-bond acceptors (Lipinski definition) is 3. The molecule has 1 aliphatic rings. The molecule has 0 amide bonds. The van der Waals surface area contributed by atoms with E-state index in [9.17, 15) is 0 Å². The number of methoxy groups -OCH3 is 1. The van der Waals surface area contributed by atoms with E-state index in [1.165, 1.54) is 12.0 Å². The van der Waals surface area contributed by atoms with Crippen molar-refractivity contribution in [2.45, 2.75) is 13.0 Å². The molecule has 0 unspecified atom stereocenters. The van der Waals surface area contributed by atoms with Crippen LogP contribution in [-0.4, -0.2) is 26.8 Å². The zero-order valence-corrected chi connectivity index (χ0v) is 9.74. The van der Waals surface area contributed by atoms with Crippen LogP contribution in [0.2, 0.25) is 0 Å². The van der Waals surface area contributed by atoms with Gasteiger partial charge < -0.3 is 14.8 Å². The van der Waals surface area contributed by atoms with Crippen LogP contribution in [0.15, 0.2) is 24.3 Å². The van der Waals surface area contributed by atoms with Crippen molar-refractivity contribution >= 4 is 0 Å². The van der Waals surface area contributed by atoms with Gasteiger partial charge in [-0.25, -0.2) is 0 Å². The Hall–Kier alpha value is -1.06. The van der Waals surface area contributed by atoms with Crippen molar-refractivity contribution in [3.05, 3.63) is 29.8 Å². The molecule has 3 nitrogen and oxygen atoms in total. The van der Waals surface area contributed by atoms with Crippen molar-refractivity contribution in [3.63, 3.8) is 0 Å².